The number of hydrogen-bond acceptors (Lipinski definition) is 3. The lowest BCUT2D eigenvalue weighted by atomic mass is 10.1. The van der Waals surface area contributed by atoms with Crippen LogP contribution in [0.1, 0.15) is 19.4 Å². The van der Waals surface area contributed by atoms with Crippen LogP contribution in [0.5, 0.6) is 5.75 Å². The second kappa shape index (κ2) is 8.44. The highest BCUT2D eigenvalue weighted by Crippen LogP contribution is 2.18. The molecule has 0 saturated carbocycles. The van der Waals surface area contributed by atoms with E-state index >= 15 is 0 Å². The minimum atomic E-state index is 0.477. The molecule has 102 valence electrons. The number of rotatable bonds is 8. The molecule has 0 fully saturated rings. The van der Waals surface area contributed by atoms with Gasteiger partial charge in [0.15, 0.2) is 0 Å². The van der Waals surface area contributed by atoms with E-state index in [1.54, 1.807) is 7.11 Å². The molecule has 0 aliphatic heterocycles. The van der Waals surface area contributed by atoms with E-state index in [4.69, 9.17) is 4.74 Å². The van der Waals surface area contributed by atoms with Crippen LogP contribution in [0, 0.1) is 5.92 Å². The van der Waals surface area contributed by atoms with Crippen LogP contribution in [0.3, 0.4) is 0 Å². The molecule has 2 nitrogen and oxygen atoms in total. The number of benzene rings is 1. The Hall–Kier alpha value is -0.670. The molecule has 0 heterocycles. The first-order chi connectivity index (χ1) is 8.67. The molecule has 1 aromatic rings. The Labute approximate surface area is 116 Å². The zero-order valence-electron chi connectivity index (χ0n) is 11.9. The Morgan fingerprint density at radius 2 is 2.00 bits per heavy atom. The Bertz CT molecular complexity index is 343. The van der Waals surface area contributed by atoms with Gasteiger partial charge in [0.1, 0.15) is 5.75 Å². The highest BCUT2D eigenvalue weighted by molar-refractivity contribution is 7.98. The Kier molecular flexibility index (Phi) is 7.21. The molecule has 1 aromatic carbocycles. The zero-order chi connectivity index (χ0) is 13.4. The van der Waals surface area contributed by atoms with Crippen LogP contribution < -0.4 is 10.1 Å². The summed E-state index contributed by atoms with van der Waals surface area (Å²) in [6.07, 6.45) is 3.17. The van der Waals surface area contributed by atoms with E-state index < -0.39 is 0 Å². The molecule has 0 amide bonds. The van der Waals surface area contributed by atoms with E-state index in [1.807, 2.05) is 23.9 Å². The van der Waals surface area contributed by atoms with E-state index in [2.05, 4.69) is 37.6 Å². The van der Waals surface area contributed by atoms with Crippen LogP contribution in [0.4, 0.5) is 0 Å². The fourth-order valence-corrected chi connectivity index (χ4v) is 2.71. The summed E-state index contributed by atoms with van der Waals surface area (Å²) in [6, 6.07) is 8.73. The van der Waals surface area contributed by atoms with Crippen LogP contribution >= 0.6 is 11.8 Å². The lowest BCUT2D eigenvalue weighted by Crippen LogP contribution is -2.32. The topological polar surface area (TPSA) is 21.3 Å². The monoisotopic (exact) mass is 267 g/mol. The molecule has 0 bridgehead atoms. The summed E-state index contributed by atoms with van der Waals surface area (Å²) in [4.78, 5) is 0. The molecule has 18 heavy (non-hydrogen) atoms. The third-order valence-electron chi connectivity index (χ3n) is 2.98. The molecule has 0 aromatic heterocycles. The van der Waals surface area contributed by atoms with Crippen LogP contribution in [-0.4, -0.2) is 31.7 Å². The van der Waals surface area contributed by atoms with Gasteiger partial charge in [-0.25, -0.2) is 0 Å². The van der Waals surface area contributed by atoms with Crippen LogP contribution in [-0.2, 0) is 6.42 Å². The maximum atomic E-state index is 5.38. The molecule has 0 aliphatic rings. The van der Waals surface area contributed by atoms with Crippen LogP contribution in [0.25, 0.3) is 0 Å². The van der Waals surface area contributed by atoms with Crippen LogP contribution in [0.2, 0.25) is 0 Å². The lowest BCUT2D eigenvalue weighted by molar-refractivity contribution is 0.404. The summed E-state index contributed by atoms with van der Waals surface area (Å²) in [5, 5.41) is 3.60. The smallest absolute Gasteiger partial charge is 0.122 e. The Morgan fingerprint density at radius 3 is 2.67 bits per heavy atom. The number of nitrogens with one attached hydrogen (secondary N) is 1. The fourth-order valence-electron chi connectivity index (χ4n) is 2.02. The number of hydrogen-bond donors (Lipinski definition) is 1. The molecule has 1 N–H and O–H groups in total. The number of ether oxygens (including phenoxy) is 1. The van der Waals surface area contributed by atoms with Gasteiger partial charge < -0.3 is 10.1 Å². The molecule has 0 saturated heterocycles. The van der Waals surface area contributed by atoms with Gasteiger partial charge in [0, 0.05) is 6.04 Å². The number of para-hydroxylation sites is 1. The summed E-state index contributed by atoms with van der Waals surface area (Å²) in [5.41, 5.74) is 1.28. The van der Waals surface area contributed by atoms with Crippen molar-refractivity contribution in [2.75, 3.05) is 25.7 Å². The molecule has 2 unspecified atom stereocenters. The highest BCUT2D eigenvalue weighted by atomic mass is 32.2. The van der Waals surface area contributed by atoms with Gasteiger partial charge in [0.2, 0.25) is 0 Å². The third kappa shape index (κ3) is 5.32. The molecule has 2 atom stereocenters. The Balaban J connectivity index is 2.41. The van der Waals surface area contributed by atoms with Crippen molar-refractivity contribution < 1.29 is 4.74 Å². The van der Waals surface area contributed by atoms with Crippen molar-refractivity contribution >= 4 is 11.8 Å². The Morgan fingerprint density at radius 1 is 1.28 bits per heavy atom. The largest absolute Gasteiger partial charge is 0.496 e. The fraction of sp³-hybridized carbons (Fsp3) is 0.600. The zero-order valence-corrected chi connectivity index (χ0v) is 12.7. The molecule has 0 radical (unpaired) electrons. The van der Waals surface area contributed by atoms with Crippen molar-refractivity contribution in [2.45, 2.75) is 26.3 Å². The van der Waals surface area contributed by atoms with Crippen molar-refractivity contribution in [2.24, 2.45) is 5.92 Å². The molecular weight excluding hydrogens is 242 g/mol. The van der Waals surface area contributed by atoms with Gasteiger partial charge in [-0.05, 0) is 49.4 Å². The van der Waals surface area contributed by atoms with Crippen molar-refractivity contribution in [1.29, 1.82) is 0 Å². The predicted octanol–water partition coefficient (Wildman–Crippen LogP) is 3.21. The van der Waals surface area contributed by atoms with E-state index in [-0.39, 0.29) is 0 Å². The lowest BCUT2D eigenvalue weighted by Gasteiger charge is -2.18. The average Bonchev–Trinajstić information content (AvgIpc) is 2.37. The summed E-state index contributed by atoms with van der Waals surface area (Å²) in [5.74, 6) is 2.93. The van der Waals surface area contributed by atoms with Gasteiger partial charge in [0.25, 0.3) is 0 Å². The normalized spacial score (nSPS) is 14.2. The van der Waals surface area contributed by atoms with Gasteiger partial charge in [-0.2, -0.15) is 11.8 Å². The van der Waals surface area contributed by atoms with E-state index in [0.717, 1.165) is 24.6 Å². The molecule has 3 heteroatoms. The number of methoxy groups -OCH3 is 1. The molecule has 1 rings (SSSR count). The second-order valence-corrected chi connectivity index (χ2v) is 5.80. The minimum absolute atomic E-state index is 0.477. The van der Waals surface area contributed by atoms with Gasteiger partial charge >= 0.3 is 0 Å². The first-order valence-electron chi connectivity index (χ1n) is 6.51. The molecule has 0 spiro atoms. The quantitative estimate of drug-likeness (QED) is 0.781. The maximum absolute atomic E-state index is 5.38. The third-order valence-corrected chi connectivity index (χ3v) is 3.89. The highest BCUT2D eigenvalue weighted by Gasteiger charge is 2.09. The van der Waals surface area contributed by atoms with Crippen molar-refractivity contribution in [3.8, 4) is 5.75 Å². The molecular formula is C15H25NOS. The van der Waals surface area contributed by atoms with E-state index in [1.165, 1.54) is 11.3 Å². The van der Waals surface area contributed by atoms with Gasteiger partial charge in [-0.3, -0.25) is 0 Å². The van der Waals surface area contributed by atoms with Gasteiger partial charge in [0.05, 0.1) is 7.11 Å². The van der Waals surface area contributed by atoms with E-state index in [9.17, 15) is 0 Å². The summed E-state index contributed by atoms with van der Waals surface area (Å²) < 4.78 is 5.38. The minimum Gasteiger partial charge on any atom is -0.496 e. The van der Waals surface area contributed by atoms with E-state index in [0.29, 0.717) is 6.04 Å². The van der Waals surface area contributed by atoms with Gasteiger partial charge in [-0.1, -0.05) is 25.1 Å². The van der Waals surface area contributed by atoms with Crippen molar-refractivity contribution in [3.05, 3.63) is 29.8 Å². The maximum Gasteiger partial charge on any atom is 0.122 e. The second-order valence-electron chi connectivity index (χ2n) is 4.89. The average molecular weight is 267 g/mol. The SMILES string of the molecule is COc1ccccc1CC(C)NCC(C)CSC. The van der Waals surface area contributed by atoms with Crippen molar-refractivity contribution in [1.82, 2.24) is 5.32 Å². The first kappa shape index (κ1) is 15.4. The van der Waals surface area contributed by atoms with Crippen molar-refractivity contribution in [3.63, 3.8) is 0 Å². The number of thioether (sulfide) groups is 1. The molecule has 0 aliphatic carbocycles. The first-order valence-corrected chi connectivity index (χ1v) is 7.91. The van der Waals surface area contributed by atoms with Crippen LogP contribution in [0.15, 0.2) is 24.3 Å². The summed E-state index contributed by atoms with van der Waals surface area (Å²) >= 11 is 1.91. The van der Waals surface area contributed by atoms with Gasteiger partial charge in [-0.15, -0.1) is 0 Å². The standard InChI is InChI=1S/C15H25NOS/c1-12(11-18-4)10-16-13(2)9-14-7-5-6-8-15(14)17-3/h5-8,12-13,16H,9-11H2,1-4H3. The predicted molar refractivity (Wildman–Crippen MR) is 81.7 cm³/mol. The summed E-state index contributed by atoms with van der Waals surface area (Å²) in [6.45, 7) is 5.61. The summed E-state index contributed by atoms with van der Waals surface area (Å²) in [7, 11) is 1.73.